The summed E-state index contributed by atoms with van der Waals surface area (Å²) in [6.45, 7) is 2.04. The van der Waals surface area contributed by atoms with E-state index in [9.17, 15) is 9.59 Å². The Labute approximate surface area is 147 Å². The molecule has 136 valence electrons. The standard InChI is InChI=1S/C19H25NO5/c1-3-24-19(22)18-14(11-17(21)20-18)12-8-9-15(23-2)16(10-12)25-13-6-4-5-7-13/h8-10,13-14,18H,3-7,11H2,1-2H3,(H,20,21)/t14-,18+/m0/s1. The second-order valence-electron chi connectivity index (χ2n) is 6.54. The number of methoxy groups -OCH3 is 1. The highest BCUT2D eigenvalue weighted by Crippen LogP contribution is 2.37. The molecule has 2 atom stereocenters. The molecule has 6 heteroatoms. The van der Waals surface area contributed by atoms with Crippen LogP contribution in [0.3, 0.4) is 0 Å². The monoisotopic (exact) mass is 347 g/mol. The molecule has 1 N–H and O–H groups in total. The van der Waals surface area contributed by atoms with Gasteiger partial charge in [-0.25, -0.2) is 4.79 Å². The number of ether oxygens (including phenoxy) is 3. The van der Waals surface area contributed by atoms with E-state index in [4.69, 9.17) is 14.2 Å². The molecule has 1 saturated carbocycles. The van der Waals surface area contributed by atoms with Crippen molar-refractivity contribution in [3.8, 4) is 11.5 Å². The van der Waals surface area contributed by atoms with Crippen LogP contribution in [0.4, 0.5) is 0 Å². The number of esters is 1. The first kappa shape index (κ1) is 17.6. The molecule has 1 amide bonds. The van der Waals surface area contributed by atoms with Crippen molar-refractivity contribution in [3.05, 3.63) is 23.8 Å². The molecule has 3 rings (SSSR count). The Kier molecular flexibility index (Phi) is 5.46. The summed E-state index contributed by atoms with van der Waals surface area (Å²) in [4.78, 5) is 24.0. The molecule has 1 aromatic rings. The van der Waals surface area contributed by atoms with E-state index in [1.165, 1.54) is 12.8 Å². The molecule has 6 nitrogen and oxygen atoms in total. The number of hydrogen-bond donors (Lipinski definition) is 1. The van der Waals surface area contributed by atoms with Crippen molar-refractivity contribution in [2.75, 3.05) is 13.7 Å². The van der Waals surface area contributed by atoms with E-state index in [-0.39, 0.29) is 31.0 Å². The van der Waals surface area contributed by atoms with Gasteiger partial charge in [-0.3, -0.25) is 4.79 Å². The molecular formula is C19H25NO5. The summed E-state index contributed by atoms with van der Waals surface area (Å²) >= 11 is 0. The topological polar surface area (TPSA) is 73.9 Å². The smallest absolute Gasteiger partial charge is 0.329 e. The lowest BCUT2D eigenvalue weighted by atomic mass is 9.91. The highest BCUT2D eigenvalue weighted by molar-refractivity contribution is 5.90. The predicted octanol–water partition coefficient (Wildman–Crippen LogP) is 2.55. The van der Waals surface area contributed by atoms with Gasteiger partial charge in [0, 0.05) is 12.3 Å². The average molecular weight is 347 g/mol. The van der Waals surface area contributed by atoms with Crippen LogP contribution in [-0.4, -0.2) is 37.7 Å². The molecule has 1 heterocycles. The van der Waals surface area contributed by atoms with Crippen molar-refractivity contribution in [2.24, 2.45) is 0 Å². The fourth-order valence-corrected chi connectivity index (χ4v) is 3.62. The second kappa shape index (κ2) is 7.76. The summed E-state index contributed by atoms with van der Waals surface area (Å²) in [5.41, 5.74) is 0.880. The third kappa shape index (κ3) is 3.89. The first-order valence-corrected chi connectivity index (χ1v) is 8.93. The third-order valence-corrected chi connectivity index (χ3v) is 4.88. The van der Waals surface area contributed by atoms with Crippen LogP contribution in [0.5, 0.6) is 11.5 Å². The Bertz CT molecular complexity index is 639. The van der Waals surface area contributed by atoms with Gasteiger partial charge in [-0.1, -0.05) is 6.07 Å². The molecule has 1 saturated heterocycles. The molecular weight excluding hydrogens is 322 g/mol. The van der Waals surface area contributed by atoms with Crippen molar-refractivity contribution in [3.63, 3.8) is 0 Å². The second-order valence-corrected chi connectivity index (χ2v) is 6.54. The van der Waals surface area contributed by atoms with Crippen molar-refractivity contribution in [1.82, 2.24) is 5.32 Å². The van der Waals surface area contributed by atoms with Crippen LogP contribution >= 0.6 is 0 Å². The van der Waals surface area contributed by atoms with Crippen LogP contribution in [0.25, 0.3) is 0 Å². The SMILES string of the molecule is CCOC(=O)[C@@H]1NC(=O)C[C@H]1c1ccc(OC)c(OC2CCCC2)c1. The third-order valence-electron chi connectivity index (χ3n) is 4.88. The predicted molar refractivity (Wildman–Crippen MR) is 91.8 cm³/mol. The lowest BCUT2D eigenvalue weighted by Crippen LogP contribution is -2.37. The highest BCUT2D eigenvalue weighted by atomic mass is 16.5. The fraction of sp³-hybridized carbons (Fsp3) is 0.579. The average Bonchev–Trinajstić information content (AvgIpc) is 3.24. The summed E-state index contributed by atoms with van der Waals surface area (Å²) < 4.78 is 16.6. The number of carbonyl (C=O) groups excluding carboxylic acids is 2. The maximum Gasteiger partial charge on any atom is 0.329 e. The van der Waals surface area contributed by atoms with E-state index in [0.29, 0.717) is 11.5 Å². The quantitative estimate of drug-likeness (QED) is 0.801. The summed E-state index contributed by atoms with van der Waals surface area (Å²) in [6.07, 6.45) is 4.91. The molecule has 0 spiro atoms. The molecule has 0 radical (unpaired) electrons. The minimum atomic E-state index is -0.653. The molecule has 0 bridgehead atoms. The van der Waals surface area contributed by atoms with E-state index >= 15 is 0 Å². The fourth-order valence-electron chi connectivity index (χ4n) is 3.62. The Balaban J connectivity index is 1.84. The van der Waals surface area contributed by atoms with E-state index in [2.05, 4.69) is 5.32 Å². The Hall–Kier alpha value is -2.24. The van der Waals surface area contributed by atoms with Gasteiger partial charge in [0.05, 0.1) is 19.8 Å². The van der Waals surface area contributed by atoms with Crippen LogP contribution in [0.1, 0.15) is 50.5 Å². The Morgan fingerprint density at radius 3 is 2.68 bits per heavy atom. The maximum atomic E-state index is 12.2. The first-order chi connectivity index (χ1) is 12.1. The van der Waals surface area contributed by atoms with E-state index in [1.807, 2.05) is 18.2 Å². The van der Waals surface area contributed by atoms with Crippen LogP contribution in [0, 0.1) is 0 Å². The normalized spacial score (nSPS) is 23.4. The van der Waals surface area contributed by atoms with E-state index < -0.39 is 12.0 Å². The number of hydrogen-bond acceptors (Lipinski definition) is 5. The summed E-state index contributed by atoms with van der Waals surface area (Å²) in [5, 5.41) is 2.72. The van der Waals surface area contributed by atoms with Gasteiger partial charge in [0.1, 0.15) is 6.04 Å². The van der Waals surface area contributed by atoms with Crippen molar-refractivity contribution in [1.29, 1.82) is 0 Å². The molecule has 2 fully saturated rings. The molecule has 1 aliphatic carbocycles. The van der Waals surface area contributed by atoms with Gasteiger partial charge in [0.15, 0.2) is 11.5 Å². The zero-order valence-corrected chi connectivity index (χ0v) is 14.7. The van der Waals surface area contributed by atoms with E-state index in [0.717, 1.165) is 18.4 Å². The zero-order chi connectivity index (χ0) is 17.8. The minimum absolute atomic E-state index is 0.142. The van der Waals surface area contributed by atoms with Crippen molar-refractivity contribution in [2.45, 2.75) is 57.1 Å². The molecule has 2 aliphatic rings. The number of nitrogens with one attached hydrogen (secondary N) is 1. The van der Waals surface area contributed by atoms with Gasteiger partial charge < -0.3 is 19.5 Å². The van der Waals surface area contributed by atoms with Crippen molar-refractivity contribution >= 4 is 11.9 Å². The first-order valence-electron chi connectivity index (χ1n) is 8.93. The van der Waals surface area contributed by atoms with E-state index in [1.54, 1.807) is 14.0 Å². The van der Waals surface area contributed by atoms with Crippen LogP contribution in [-0.2, 0) is 14.3 Å². The number of benzene rings is 1. The van der Waals surface area contributed by atoms with Crippen molar-refractivity contribution < 1.29 is 23.8 Å². The molecule has 0 unspecified atom stereocenters. The summed E-state index contributed by atoms with van der Waals surface area (Å²) in [5.74, 6) is 0.544. The largest absolute Gasteiger partial charge is 0.493 e. The van der Waals surface area contributed by atoms with Gasteiger partial charge in [-0.2, -0.15) is 0 Å². The maximum absolute atomic E-state index is 12.2. The van der Waals surface area contributed by atoms with Gasteiger partial charge in [0.2, 0.25) is 5.91 Å². The number of rotatable bonds is 6. The highest BCUT2D eigenvalue weighted by Gasteiger charge is 2.39. The Morgan fingerprint density at radius 1 is 1.24 bits per heavy atom. The van der Waals surface area contributed by atoms with Gasteiger partial charge >= 0.3 is 5.97 Å². The minimum Gasteiger partial charge on any atom is -0.493 e. The molecule has 1 aromatic carbocycles. The molecule has 0 aromatic heterocycles. The van der Waals surface area contributed by atoms with Crippen LogP contribution in [0.2, 0.25) is 0 Å². The lowest BCUT2D eigenvalue weighted by molar-refractivity contribution is -0.146. The number of amides is 1. The van der Waals surface area contributed by atoms with Crippen LogP contribution in [0.15, 0.2) is 18.2 Å². The summed E-state index contributed by atoms with van der Waals surface area (Å²) in [7, 11) is 1.61. The molecule has 1 aliphatic heterocycles. The Morgan fingerprint density at radius 2 is 2.00 bits per heavy atom. The molecule has 25 heavy (non-hydrogen) atoms. The van der Waals surface area contributed by atoms with Crippen LogP contribution < -0.4 is 14.8 Å². The summed E-state index contributed by atoms with van der Waals surface area (Å²) in [6, 6.07) is 4.97. The zero-order valence-electron chi connectivity index (χ0n) is 14.7. The van der Waals surface area contributed by atoms with Gasteiger partial charge in [-0.05, 0) is 50.3 Å². The lowest BCUT2D eigenvalue weighted by Gasteiger charge is -2.21. The van der Waals surface area contributed by atoms with Gasteiger partial charge in [-0.15, -0.1) is 0 Å². The van der Waals surface area contributed by atoms with Gasteiger partial charge in [0.25, 0.3) is 0 Å². The number of carbonyl (C=O) groups is 2.